The number of aromatic nitrogens is 2. The Balaban J connectivity index is 2.01. The summed E-state index contributed by atoms with van der Waals surface area (Å²) in [7, 11) is -1.05. The Hall–Kier alpha value is -1.54. The van der Waals surface area contributed by atoms with Crippen molar-refractivity contribution in [3.05, 3.63) is 41.0 Å². The summed E-state index contributed by atoms with van der Waals surface area (Å²) in [5, 5.41) is 6.76. The molecule has 0 aliphatic rings. The smallest absolute Gasteiger partial charge is 0.363 e. The first-order valence-corrected chi connectivity index (χ1v) is 8.14. The summed E-state index contributed by atoms with van der Waals surface area (Å²) >= 11 is 5.85. The van der Waals surface area contributed by atoms with Gasteiger partial charge in [-0.1, -0.05) is 23.7 Å². The molecule has 0 amide bonds. The van der Waals surface area contributed by atoms with Crippen molar-refractivity contribution in [2.24, 2.45) is 0 Å². The highest BCUT2D eigenvalue weighted by Gasteiger charge is 2.28. The third-order valence-corrected chi connectivity index (χ3v) is 3.99. The van der Waals surface area contributed by atoms with E-state index in [-0.39, 0.29) is 10.8 Å². The van der Waals surface area contributed by atoms with Gasteiger partial charge in [0.1, 0.15) is 11.6 Å². The first-order chi connectivity index (χ1) is 10.2. The Bertz CT molecular complexity index is 670. The molecule has 0 bridgehead atoms. The fourth-order valence-corrected chi connectivity index (χ4v) is 2.50. The molecule has 9 heteroatoms. The fraction of sp³-hybridized carbons (Fsp3) is 0.308. The summed E-state index contributed by atoms with van der Waals surface area (Å²) in [5.41, 5.74) is 0.871. The summed E-state index contributed by atoms with van der Waals surface area (Å²) in [5.74, 6) is 0.189. The van der Waals surface area contributed by atoms with E-state index in [4.69, 9.17) is 11.6 Å². The van der Waals surface area contributed by atoms with Gasteiger partial charge in [-0.05, 0) is 17.7 Å². The van der Waals surface area contributed by atoms with Crippen molar-refractivity contribution in [3.8, 4) is 0 Å². The number of alkyl halides is 3. The van der Waals surface area contributed by atoms with Crippen LogP contribution in [-0.2, 0) is 23.9 Å². The van der Waals surface area contributed by atoms with Gasteiger partial charge in [-0.3, -0.25) is 8.89 Å². The predicted octanol–water partition coefficient (Wildman–Crippen LogP) is 3.45. The number of nitrogens with one attached hydrogen (secondary N) is 1. The molecule has 22 heavy (non-hydrogen) atoms. The minimum Gasteiger partial charge on any atom is -0.363 e. The van der Waals surface area contributed by atoms with Crippen LogP contribution in [0.25, 0.3) is 0 Å². The van der Waals surface area contributed by atoms with Gasteiger partial charge in [-0.15, -0.1) is 0 Å². The van der Waals surface area contributed by atoms with Crippen molar-refractivity contribution in [3.63, 3.8) is 0 Å². The van der Waals surface area contributed by atoms with Gasteiger partial charge in [-0.25, -0.2) is 0 Å². The van der Waals surface area contributed by atoms with Gasteiger partial charge < -0.3 is 5.32 Å². The Morgan fingerprint density at radius 2 is 1.95 bits per heavy atom. The van der Waals surface area contributed by atoms with Crippen molar-refractivity contribution >= 4 is 28.2 Å². The van der Waals surface area contributed by atoms with Gasteiger partial charge in [-0.2, -0.15) is 18.3 Å². The van der Waals surface area contributed by atoms with E-state index in [2.05, 4.69) is 10.4 Å². The molecule has 1 unspecified atom stereocenters. The number of nitrogens with zero attached hydrogens (tertiary/aromatic N) is 2. The molecule has 0 aliphatic heterocycles. The lowest BCUT2D eigenvalue weighted by atomic mass is 10.2. The van der Waals surface area contributed by atoms with Gasteiger partial charge in [0, 0.05) is 34.7 Å². The Labute approximate surface area is 132 Å². The van der Waals surface area contributed by atoms with Gasteiger partial charge in [0.15, 0.2) is 5.82 Å². The van der Waals surface area contributed by atoms with Crippen LogP contribution >= 0.6 is 11.6 Å². The van der Waals surface area contributed by atoms with Gasteiger partial charge in [0.25, 0.3) is 0 Å². The maximum absolute atomic E-state index is 12.3. The standard InChI is InChI=1S/C13H13ClF3N3OS/c1-22(21)10-4-2-9(3-5-10)6-18-12-11(14)7-20(19-12)8-13(15,16)17/h2-5,7H,6,8H2,1H3,(H,18,19). The first kappa shape index (κ1) is 16.8. The van der Waals surface area contributed by atoms with E-state index < -0.39 is 23.5 Å². The van der Waals surface area contributed by atoms with E-state index in [1.807, 2.05) is 0 Å². The van der Waals surface area contributed by atoms with E-state index in [0.717, 1.165) is 16.4 Å². The molecule has 4 nitrogen and oxygen atoms in total. The number of anilines is 1. The largest absolute Gasteiger partial charge is 0.408 e. The molecular weight excluding hydrogens is 339 g/mol. The molecule has 0 aliphatic carbocycles. The minimum atomic E-state index is -4.35. The van der Waals surface area contributed by atoms with Crippen LogP contribution in [0.2, 0.25) is 5.02 Å². The van der Waals surface area contributed by atoms with E-state index in [9.17, 15) is 17.4 Å². The molecule has 120 valence electrons. The average Bonchev–Trinajstić information content (AvgIpc) is 2.74. The monoisotopic (exact) mass is 351 g/mol. The van der Waals surface area contributed by atoms with Gasteiger partial charge in [0.2, 0.25) is 0 Å². The molecule has 0 saturated heterocycles. The van der Waals surface area contributed by atoms with E-state index in [1.54, 1.807) is 30.5 Å². The third kappa shape index (κ3) is 4.74. The first-order valence-electron chi connectivity index (χ1n) is 6.20. The molecule has 0 fully saturated rings. The highest BCUT2D eigenvalue weighted by molar-refractivity contribution is 7.84. The van der Waals surface area contributed by atoms with Crippen LogP contribution in [0.15, 0.2) is 35.4 Å². The van der Waals surface area contributed by atoms with Crippen molar-refractivity contribution in [2.45, 2.75) is 24.2 Å². The highest BCUT2D eigenvalue weighted by atomic mass is 35.5. The maximum atomic E-state index is 12.3. The van der Waals surface area contributed by atoms with Gasteiger partial charge in [0.05, 0.1) is 0 Å². The lowest BCUT2D eigenvalue weighted by Crippen LogP contribution is -2.18. The topological polar surface area (TPSA) is 46.9 Å². The second-order valence-electron chi connectivity index (χ2n) is 4.59. The lowest BCUT2D eigenvalue weighted by molar-refractivity contribution is -0.142. The molecule has 1 heterocycles. The molecule has 2 rings (SSSR count). The molecule has 1 aromatic carbocycles. The number of benzene rings is 1. The summed E-state index contributed by atoms with van der Waals surface area (Å²) in [6.45, 7) is -0.842. The van der Waals surface area contributed by atoms with E-state index >= 15 is 0 Å². The SMILES string of the molecule is CS(=O)c1ccc(CNc2nn(CC(F)(F)F)cc2Cl)cc1. The zero-order chi connectivity index (χ0) is 16.3. The molecular formula is C13H13ClF3N3OS. The maximum Gasteiger partial charge on any atom is 0.408 e. The zero-order valence-corrected chi connectivity index (χ0v) is 13.1. The highest BCUT2D eigenvalue weighted by Crippen LogP contribution is 2.23. The van der Waals surface area contributed by atoms with E-state index in [1.165, 1.54) is 0 Å². The Morgan fingerprint density at radius 1 is 1.32 bits per heavy atom. The summed E-state index contributed by atoms with van der Waals surface area (Å²) in [6.07, 6.45) is -1.64. The predicted molar refractivity (Wildman–Crippen MR) is 79.4 cm³/mol. The second-order valence-corrected chi connectivity index (χ2v) is 6.38. The van der Waals surface area contributed by atoms with E-state index in [0.29, 0.717) is 11.4 Å². The fourth-order valence-electron chi connectivity index (χ4n) is 1.77. The molecule has 0 spiro atoms. The molecule has 0 saturated carbocycles. The van der Waals surface area contributed by atoms with Crippen LogP contribution in [0, 0.1) is 0 Å². The second kappa shape index (κ2) is 6.70. The van der Waals surface area contributed by atoms with Gasteiger partial charge >= 0.3 is 6.18 Å². The summed E-state index contributed by atoms with van der Waals surface area (Å²) in [4.78, 5) is 0.705. The molecule has 1 atom stereocenters. The Kier molecular flexibility index (Phi) is 5.12. The molecule has 1 aromatic heterocycles. The Morgan fingerprint density at radius 3 is 2.50 bits per heavy atom. The van der Waals surface area contributed by atoms with Crippen LogP contribution in [-0.4, -0.2) is 26.4 Å². The number of rotatable bonds is 5. The third-order valence-electron chi connectivity index (χ3n) is 2.77. The average molecular weight is 352 g/mol. The lowest BCUT2D eigenvalue weighted by Gasteiger charge is -2.06. The van der Waals surface area contributed by atoms with Crippen molar-refractivity contribution in [1.82, 2.24) is 9.78 Å². The van der Waals surface area contributed by atoms with Crippen molar-refractivity contribution < 1.29 is 17.4 Å². The molecule has 2 aromatic rings. The van der Waals surface area contributed by atoms with Crippen LogP contribution in [0.3, 0.4) is 0 Å². The van der Waals surface area contributed by atoms with Crippen LogP contribution < -0.4 is 5.32 Å². The number of hydrogen-bond donors (Lipinski definition) is 1. The van der Waals surface area contributed by atoms with Crippen LogP contribution in [0.1, 0.15) is 5.56 Å². The number of hydrogen-bond acceptors (Lipinski definition) is 3. The minimum absolute atomic E-state index is 0.121. The zero-order valence-electron chi connectivity index (χ0n) is 11.5. The van der Waals surface area contributed by atoms with Crippen LogP contribution in [0.5, 0.6) is 0 Å². The molecule has 1 N–H and O–H groups in total. The normalized spacial score (nSPS) is 13.1. The molecule has 0 radical (unpaired) electrons. The number of halogens is 4. The quantitative estimate of drug-likeness (QED) is 0.897. The van der Waals surface area contributed by atoms with Crippen LogP contribution in [0.4, 0.5) is 19.0 Å². The summed E-state index contributed by atoms with van der Waals surface area (Å²) in [6, 6.07) is 7.03. The summed E-state index contributed by atoms with van der Waals surface area (Å²) < 4.78 is 48.9. The van der Waals surface area contributed by atoms with Crippen molar-refractivity contribution in [2.75, 3.05) is 11.6 Å². The van der Waals surface area contributed by atoms with Crippen molar-refractivity contribution in [1.29, 1.82) is 0 Å².